The molecule has 0 atom stereocenters. The molecule has 0 spiro atoms. The van der Waals surface area contributed by atoms with Crippen molar-refractivity contribution in [2.75, 3.05) is 46.3 Å². The van der Waals surface area contributed by atoms with Crippen molar-refractivity contribution in [2.45, 2.75) is 39.0 Å². The summed E-state index contributed by atoms with van der Waals surface area (Å²) in [6, 6.07) is 0. The zero-order chi connectivity index (χ0) is 13.7. The number of amides is 1. The molecule has 0 unspecified atom stereocenters. The highest BCUT2D eigenvalue weighted by Crippen LogP contribution is 2.37. The van der Waals surface area contributed by atoms with Gasteiger partial charge in [0.05, 0.1) is 0 Å². The van der Waals surface area contributed by atoms with Crippen LogP contribution in [0.4, 0.5) is 0 Å². The van der Waals surface area contributed by atoms with Crippen LogP contribution in [0.25, 0.3) is 0 Å². The summed E-state index contributed by atoms with van der Waals surface area (Å²) < 4.78 is 0. The summed E-state index contributed by atoms with van der Waals surface area (Å²) >= 11 is 0. The summed E-state index contributed by atoms with van der Waals surface area (Å²) in [5, 5.41) is 3.14. The molecule has 0 aromatic heterocycles. The highest BCUT2D eigenvalue weighted by atomic mass is 16.2. The number of hydrogen-bond donors (Lipinski definition) is 1. The van der Waals surface area contributed by atoms with Crippen molar-refractivity contribution in [1.82, 2.24) is 15.1 Å². The number of piperazine rings is 1. The molecule has 0 aromatic carbocycles. The molecular formula is C15H29N3O. The minimum atomic E-state index is -0.0756. The van der Waals surface area contributed by atoms with Gasteiger partial charge in [0, 0.05) is 38.1 Å². The van der Waals surface area contributed by atoms with E-state index in [0.717, 1.165) is 32.4 Å². The molecule has 2 fully saturated rings. The van der Waals surface area contributed by atoms with Crippen LogP contribution in [-0.2, 0) is 4.79 Å². The van der Waals surface area contributed by atoms with Gasteiger partial charge in [0.1, 0.15) is 0 Å². The van der Waals surface area contributed by atoms with E-state index < -0.39 is 0 Å². The zero-order valence-electron chi connectivity index (χ0n) is 12.6. The van der Waals surface area contributed by atoms with Gasteiger partial charge in [-0.15, -0.1) is 0 Å². The summed E-state index contributed by atoms with van der Waals surface area (Å²) in [5.41, 5.74) is -0.0756. The molecule has 1 aliphatic heterocycles. The van der Waals surface area contributed by atoms with Crippen LogP contribution in [0.2, 0.25) is 0 Å². The van der Waals surface area contributed by atoms with Gasteiger partial charge in [-0.1, -0.05) is 19.8 Å². The maximum atomic E-state index is 12.1. The van der Waals surface area contributed by atoms with Gasteiger partial charge < -0.3 is 15.1 Å². The number of hydrogen-bond acceptors (Lipinski definition) is 3. The molecule has 19 heavy (non-hydrogen) atoms. The van der Waals surface area contributed by atoms with Crippen LogP contribution in [0.1, 0.15) is 39.0 Å². The minimum absolute atomic E-state index is 0.0756. The second kappa shape index (κ2) is 6.71. The smallest absolute Gasteiger partial charge is 0.225 e. The van der Waals surface area contributed by atoms with Crippen LogP contribution in [0, 0.1) is 5.41 Å². The van der Waals surface area contributed by atoms with E-state index in [0.29, 0.717) is 0 Å². The molecule has 1 saturated carbocycles. The first kappa shape index (κ1) is 14.8. The lowest BCUT2D eigenvalue weighted by atomic mass is 9.88. The second-order valence-electron chi connectivity index (χ2n) is 6.52. The fraction of sp³-hybridized carbons (Fsp3) is 0.933. The van der Waals surface area contributed by atoms with Crippen LogP contribution < -0.4 is 5.32 Å². The van der Waals surface area contributed by atoms with Crippen LogP contribution >= 0.6 is 0 Å². The Kier molecular flexibility index (Phi) is 5.22. The van der Waals surface area contributed by atoms with Crippen LogP contribution in [0.15, 0.2) is 0 Å². The largest absolute Gasteiger partial charge is 0.356 e. The third-order valence-corrected chi connectivity index (χ3v) is 4.79. The van der Waals surface area contributed by atoms with Crippen molar-refractivity contribution in [3.8, 4) is 0 Å². The maximum absolute atomic E-state index is 12.1. The molecule has 4 heteroatoms. The summed E-state index contributed by atoms with van der Waals surface area (Å²) in [5.74, 6) is 0.281. The van der Waals surface area contributed by atoms with E-state index in [1.165, 1.54) is 39.0 Å². The number of nitrogens with zero attached hydrogens (tertiary/aromatic N) is 2. The number of rotatable bonds is 5. The van der Waals surface area contributed by atoms with Crippen molar-refractivity contribution in [1.29, 1.82) is 0 Å². The number of carbonyl (C=O) groups excluding carboxylic acids is 1. The molecule has 1 aliphatic carbocycles. The highest BCUT2D eigenvalue weighted by molar-refractivity contribution is 5.82. The van der Waals surface area contributed by atoms with Crippen molar-refractivity contribution in [3.63, 3.8) is 0 Å². The first-order valence-corrected chi connectivity index (χ1v) is 7.79. The lowest BCUT2D eigenvalue weighted by Gasteiger charge is -2.32. The molecular weight excluding hydrogens is 238 g/mol. The van der Waals surface area contributed by atoms with Crippen molar-refractivity contribution in [2.24, 2.45) is 5.41 Å². The van der Waals surface area contributed by atoms with E-state index in [2.05, 4.69) is 29.1 Å². The summed E-state index contributed by atoms with van der Waals surface area (Å²) in [6.45, 7) is 8.75. The summed E-state index contributed by atoms with van der Waals surface area (Å²) in [4.78, 5) is 17.0. The van der Waals surface area contributed by atoms with Crippen molar-refractivity contribution in [3.05, 3.63) is 0 Å². The average molecular weight is 267 g/mol. The zero-order valence-corrected chi connectivity index (χ0v) is 12.6. The molecule has 0 aromatic rings. The Bertz CT molecular complexity index is 292. The van der Waals surface area contributed by atoms with Gasteiger partial charge in [-0.3, -0.25) is 4.79 Å². The summed E-state index contributed by atoms with van der Waals surface area (Å²) in [6.07, 6.45) is 5.64. The van der Waals surface area contributed by atoms with E-state index >= 15 is 0 Å². The standard InChI is InChI=1S/C15H29N3O/c1-15(6-3-4-7-15)14(19)16-8-5-9-18-12-10-17(2)11-13-18/h3-13H2,1-2H3,(H,16,19). The van der Waals surface area contributed by atoms with Crippen molar-refractivity contribution >= 4 is 5.91 Å². The van der Waals surface area contributed by atoms with E-state index in [1.807, 2.05) is 0 Å². The lowest BCUT2D eigenvalue weighted by molar-refractivity contribution is -0.129. The molecule has 110 valence electrons. The van der Waals surface area contributed by atoms with E-state index in [4.69, 9.17) is 0 Å². The van der Waals surface area contributed by atoms with Crippen molar-refractivity contribution < 1.29 is 4.79 Å². The molecule has 4 nitrogen and oxygen atoms in total. The van der Waals surface area contributed by atoms with Crippen LogP contribution in [0.5, 0.6) is 0 Å². The van der Waals surface area contributed by atoms with E-state index in [9.17, 15) is 4.79 Å². The Morgan fingerprint density at radius 3 is 2.42 bits per heavy atom. The third-order valence-electron chi connectivity index (χ3n) is 4.79. The molecule has 1 N–H and O–H groups in total. The normalized spacial score (nSPS) is 24.5. The first-order chi connectivity index (χ1) is 9.10. The third kappa shape index (κ3) is 4.18. The average Bonchev–Trinajstić information content (AvgIpc) is 2.85. The fourth-order valence-electron chi connectivity index (χ4n) is 3.17. The monoisotopic (exact) mass is 267 g/mol. The fourth-order valence-corrected chi connectivity index (χ4v) is 3.17. The van der Waals surface area contributed by atoms with E-state index in [1.54, 1.807) is 0 Å². The van der Waals surface area contributed by atoms with Gasteiger partial charge in [-0.2, -0.15) is 0 Å². The SMILES string of the molecule is CN1CCN(CCCNC(=O)C2(C)CCCC2)CC1. The van der Waals surface area contributed by atoms with Gasteiger partial charge in [0.25, 0.3) is 0 Å². The minimum Gasteiger partial charge on any atom is -0.356 e. The number of nitrogens with one attached hydrogen (secondary N) is 1. The second-order valence-corrected chi connectivity index (χ2v) is 6.52. The predicted octanol–water partition coefficient (Wildman–Crippen LogP) is 1.32. The molecule has 1 amide bonds. The predicted molar refractivity (Wildman–Crippen MR) is 78.1 cm³/mol. The van der Waals surface area contributed by atoms with Crippen LogP contribution in [0.3, 0.4) is 0 Å². The molecule has 0 bridgehead atoms. The summed E-state index contributed by atoms with van der Waals surface area (Å²) in [7, 11) is 2.18. The highest BCUT2D eigenvalue weighted by Gasteiger charge is 2.35. The number of carbonyl (C=O) groups is 1. The van der Waals surface area contributed by atoms with Gasteiger partial charge in [-0.05, 0) is 32.9 Å². The van der Waals surface area contributed by atoms with Crippen LogP contribution in [-0.4, -0.2) is 62.0 Å². The van der Waals surface area contributed by atoms with E-state index in [-0.39, 0.29) is 11.3 Å². The lowest BCUT2D eigenvalue weighted by Crippen LogP contribution is -2.45. The molecule has 1 saturated heterocycles. The Morgan fingerprint density at radius 1 is 1.16 bits per heavy atom. The molecule has 0 radical (unpaired) electrons. The molecule has 1 heterocycles. The van der Waals surface area contributed by atoms with Gasteiger partial charge in [-0.25, -0.2) is 0 Å². The Morgan fingerprint density at radius 2 is 1.79 bits per heavy atom. The maximum Gasteiger partial charge on any atom is 0.225 e. The number of likely N-dealkylation sites (N-methyl/N-ethyl adjacent to an activating group) is 1. The molecule has 2 aliphatic rings. The topological polar surface area (TPSA) is 35.6 Å². The Hall–Kier alpha value is -0.610. The van der Waals surface area contributed by atoms with Gasteiger partial charge >= 0.3 is 0 Å². The Labute approximate surface area is 117 Å². The quantitative estimate of drug-likeness (QED) is 0.763. The first-order valence-electron chi connectivity index (χ1n) is 7.79. The molecule has 2 rings (SSSR count). The van der Waals surface area contributed by atoms with Gasteiger partial charge in [0.15, 0.2) is 0 Å². The van der Waals surface area contributed by atoms with Gasteiger partial charge in [0.2, 0.25) is 5.91 Å². The Balaban J connectivity index is 1.58.